The molecule has 0 atom stereocenters. The standard InChI is InChI=1S/C12H10FN7/c13-11-2-1-10(20-8-17-18-19-20)5-12(11)15-6-9-3-4-14-7-16-9/h1-5,7-8,15H,6H2. The molecule has 0 fully saturated rings. The minimum absolute atomic E-state index is 0.351. The highest BCUT2D eigenvalue weighted by atomic mass is 19.1. The van der Waals surface area contributed by atoms with E-state index < -0.39 is 0 Å². The van der Waals surface area contributed by atoms with E-state index >= 15 is 0 Å². The topological polar surface area (TPSA) is 81.4 Å². The third-order valence-corrected chi connectivity index (χ3v) is 2.67. The Morgan fingerprint density at radius 2 is 2.20 bits per heavy atom. The third kappa shape index (κ3) is 2.58. The van der Waals surface area contributed by atoms with E-state index in [0.717, 1.165) is 5.69 Å². The van der Waals surface area contributed by atoms with Crippen molar-refractivity contribution < 1.29 is 4.39 Å². The van der Waals surface area contributed by atoms with Crippen molar-refractivity contribution in [3.05, 3.63) is 54.6 Å². The van der Waals surface area contributed by atoms with Crippen LogP contribution in [0.2, 0.25) is 0 Å². The van der Waals surface area contributed by atoms with Crippen molar-refractivity contribution in [3.8, 4) is 5.69 Å². The number of rotatable bonds is 4. The number of nitrogens with one attached hydrogen (secondary N) is 1. The Labute approximate surface area is 113 Å². The summed E-state index contributed by atoms with van der Waals surface area (Å²) in [6.45, 7) is 0.401. The molecule has 0 aliphatic rings. The molecule has 20 heavy (non-hydrogen) atoms. The molecular weight excluding hydrogens is 261 g/mol. The van der Waals surface area contributed by atoms with Gasteiger partial charge in [0.2, 0.25) is 0 Å². The van der Waals surface area contributed by atoms with Gasteiger partial charge in [-0.25, -0.2) is 19.0 Å². The van der Waals surface area contributed by atoms with Crippen LogP contribution in [-0.2, 0) is 6.54 Å². The van der Waals surface area contributed by atoms with Gasteiger partial charge in [-0.3, -0.25) is 0 Å². The molecule has 0 aliphatic carbocycles. The summed E-state index contributed by atoms with van der Waals surface area (Å²) in [5.41, 5.74) is 1.80. The van der Waals surface area contributed by atoms with Crippen LogP contribution in [0.3, 0.4) is 0 Å². The average Bonchev–Trinajstić information content (AvgIpc) is 3.02. The van der Waals surface area contributed by atoms with E-state index in [1.54, 1.807) is 24.4 Å². The lowest BCUT2D eigenvalue weighted by Gasteiger charge is -2.08. The molecule has 3 aromatic rings. The molecule has 7 nitrogen and oxygen atoms in total. The first-order chi connectivity index (χ1) is 9.83. The number of halogens is 1. The summed E-state index contributed by atoms with van der Waals surface area (Å²) in [6.07, 6.45) is 4.53. The largest absolute Gasteiger partial charge is 0.377 e. The van der Waals surface area contributed by atoms with Gasteiger partial charge in [0.05, 0.1) is 23.6 Å². The second-order valence-corrected chi connectivity index (χ2v) is 3.97. The second-order valence-electron chi connectivity index (χ2n) is 3.97. The van der Waals surface area contributed by atoms with E-state index in [0.29, 0.717) is 17.9 Å². The molecule has 0 bridgehead atoms. The van der Waals surface area contributed by atoms with Crippen LogP contribution in [0.4, 0.5) is 10.1 Å². The zero-order chi connectivity index (χ0) is 13.8. The molecule has 100 valence electrons. The highest BCUT2D eigenvalue weighted by Crippen LogP contribution is 2.18. The summed E-state index contributed by atoms with van der Waals surface area (Å²) in [5, 5.41) is 13.8. The van der Waals surface area contributed by atoms with Crippen molar-refractivity contribution in [3.63, 3.8) is 0 Å². The lowest BCUT2D eigenvalue weighted by molar-refractivity contribution is 0.629. The van der Waals surface area contributed by atoms with Crippen LogP contribution >= 0.6 is 0 Å². The zero-order valence-corrected chi connectivity index (χ0v) is 10.3. The Morgan fingerprint density at radius 3 is 2.95 bits per heavy atom. The molecule has 0 saturated heterocycles. The molecule has 2 aromatic heterocycles. The van der Waals surface area contributed by atoms with Gasteiger partial charge in [0, 0.05) is 6.20 Å². The Kier molecular flexibility index (Phi) is 3.27. The number of nitrogens with zero attached hydrogens (tertiary/aromatic N) is 6. The SMILES string of the molecule is Fc1ccc(-n2cnnn2)cc1NCc1ccncn1. The van der Waals surface area contributed by atoms with E-state index in [1.807, 2.05) is 0 Å². The number of tetrazole rings is 1. The van der Waals surface area contributed by atoms with Gasteiger partial charge >= 0.3 is 0 Å². The van der Waals surface area contributed by atoms with Gasteiger partial charge in [-0.05, 0) is 34.7 Å². The minimum atomic E-state index is -0.351. The smallest absolute Gasteiger partial charge is 0.146 e. The molecule has 0 saturated carbocycles. The fourth-order valence-electron chi connectivity index (χ4n) is 1.68. The second kappa shape index (κ2) is 5.39. The first-order valence-electron chi connectivity index (χ1n) is 5.84. The van der Waals surface area contributed by atoms with Gasteiger partial charge in [-0.15, -0.1) is 5.10 Å². The van der Waals surface area contributed by atoms with Crippen molar-refractivity contribution >= 4 is 5.69 Å². The maximum atomic E-state index is 13.8. The zero-order valence-electron chi connectivity index (χ0n) is 10.3. The highest BCUT2D eigenvalue weighted by Gasteiger charge is 2.06. The highest BCUT2D eigenvalue weighted by molar-refractivity contribution is 5.52. The quantitative estimate of drug-likeness (QED) is 0.768. The van der Waals surface area contributed by atoms with Crippen molar-refractivity contribution in [2.45, 2.75) is 6.54 Å². The van der Waals surface area contributed by atoms with Crippen molar-refractivity contribution in [2.75, 3.05) is 5.32 Å². The Hall–Kier alpha value is -2.90. The van der Waals surface area contributed by atoms with Gasteiger partial charge in [0.1, 0.15) is 18.5 Å². The predicted octanol–water partition coefficient (Wildman–Crippen LogP) is 1.20. The van der Waals surface area contributed by atoms with Crippen LogP contribution < -0.4 is 5.32 Å². The summed E-state index contributed by atoms with van der Waals surface area (Å²) in [6, 6.07) is 6.35. The number of benzene rings is 1. The molecule has 0 aliphatic heterocycles. The van der Waals surface area contributed by atoms with Crippen LogP contribution in [0.15, 0.2) is 43.1 Å². The Balaban J connectivity index is 1.80. The predicted molar refractivity (Wildman–Crippen MR) is 68.5 cm³/mol. The molecule has 0 radical (unpaired) electrons. The summed E-state index contributed by atoms with van der Waals surface area (Å²) < 4.78 is 15.2. The molecular formula is C12H10FN7. The average molecular weight is 271 g/mol. The van der Waals surface area contributed by atoms with Gasteiger partial charge in [-0.1, -0.05) is 0 Å². The Morgan fingerprint density at radius 1 is 1.25 bits per heavy atom. The molecule has 8 heteroatoms. The lowest BCUT2D eigenvalue weighted by Crippen LogP contribution is -2.05. The summed E-state index contributed by atoms with van der Waals surface area (Å²) >= 11 is 0. The molecule has 2 heterocycles. The fourth-order valence-corrected chi connectivity index (χ4v) is 1.68. The van der Waals surface area contributed by atoms with E-state index in [1.165, 1.54) is 23.4 Å². The third-order valence-electron chi connectivity index (χ3n) is 2.67. The minimum Gasteiger partial charge on any atom is -0.377 e. The Bertz CT molecular complexity index is 684. The van der Waals surface area contributed by atoms with Gasteiger partial charge < -0.3 is 5.32 Å². The molecule has 0 unspecified atom stereocenters. The van der Waals surface area contributed by atoms with Crippen molar-refractivity contribution in [1.82, 2.24) is 30.2 Å². The normalized spacial score (nSPS) is 10.4. The van der Waals surface area contributed by atoms with Crippen molar-refractivity contribution in [1.29, 1.82) is 0 Å². The molecule has 3 rings (SSSR count). The number of aromatic nitrogens is 6. The van der Waals surface area contributed by atoms with Crippen LogP contribution in [0, 0.1) is 5.82 Å². The number of anilines is 1. The fraction of sp³-hybridized carbons (Fsp3) is 0.0833. The number of hydrogen-bond acceptors (Lipinski definition) is 6. The van der Waals surface area contributed by atoms with Crippen LogP contribution in [0.1, 0.15) is 5.69 Å². The summed E-state index contributed by atoms with van der Waals surface area (Å²) in [5.74, 6) is -0.351. The molecule has 1 aromatic carbocycles. The van der Waals surface area contributed by atoms with Gasteiger partial charge in [0.15, 0.2) is 0 Å². The molecule has 1 N–H and O–H groups in total. The summed E-state index contributed by atoms with van der Waals surface area (Å²) in [4.78, 5) is 7.89. The van der Waals surface area contributed by atoms with Gasteiger partial charge in [-0.2, -0.15) is 0 Å². The lowest BCUT2D eigenvalue weighted by atomic mass is 10.2. The summed E-state index contributed by atoms with van der Waals surface area (Å²) in [7, 11) is 0. The van der Waals surface area contributed by atoms with E-state index in [-0.39, 0.29) is 5.82 Å². The van der Waals surface area contributed by atoms with E-state index in [4.69, 9.17) is 0 Å². The molecule has 0 spiro atoms. The number of hydrogen-bond donors (Lipinski definition) is 1. The maximum absolute atomic E-state index is 13.8. The first-order valence-corrected chi connectivity index (χ1v) is 5.84. The van der Waals surface area contributed by atoms with Crippen LogP contribution in [0.25, 0.3) is 5.69 Å². The first kappa shape index (κ1) is 12.2. The van der Waals surface area contributed by atoms with Crippen molar-refractivity contribution in [2.24, 2.45) is 0 Å². The van der Waals surface area contributed by atoms with E-state index in [2.05, 4.69) is 30.8 Å². The molecule has 0 amide bonds. The maximum Gasteiger partial charge on any atom is 0.146 e. The van der Waals surface area contributed by atoms with E-state index in [9.17, 15) is 4.39 Å². The van der Waals surface area contributed by atoms with Gasteiger partial charge in [0.25, 0.3) is 0 Å². The monoisotopic (exact) mass is 271 g/mol. The van der Waals surface area contributed by atoms with Crippen LogP contribution in [-0.4, -0.2) is 30.2 Å². The van der Waals surface area contributed by atoms with Crippen LogP contribution in [0.5, 0.6) is 0 Å².